The van der Waals surface area contributed by atoms with Gasteiger partial charge in [0.25, 0.3) is 5.91 Å². The number of aryl methyl sites for hydroxylation is 1. The maximum atomic E-state index is 13.8. The third kappa shape index (κ3) is 4.10. The van der Waals surface area contributed by atoms with Crippen molar-refractivity contribution in [3.8, 4) is 17.2 Å². The number of ketones is 2. The molecule has 0 radical (unpaired) electrons. The number of hydroxylamine groups is 1. The van der Waals surface area contributed by atoms with Crippen molar-refractivity contribution in [3.63, 3.8) is 0 Å². The van der Waals surface area contributed by atoms with E-state index < -0.39 is 22.9 Å². The molecule has 0 saturated carbocycles. The highest BCUT2D eigenvalue weighted by molar-refractivity contribution is 6.31. The largest absolute Gasteiger partial charge is 0.507 e. The highest BCUT2D eigenvalue weighted by atomic mass is 16.6. The topological polar surface area (TPSA) is 123 Å². The van der Waals surface area contributed by atoms with E-state index in [1.807, 2.05) is 43.3 Å². The van der Waals surface area contributed by atoms with Gasteiger partial charge in [0.2, 0.25) is 0 Å². The average molecular weight is 543 g/mol. The van der Waals surface area contributed by atoms with Crippen LogP contribution < -0.4 is 20.3 Å². The van der Waals surface area contributed by atoms with Gasteiger partial charge < -0.3 is 19.9 Å². The number of carbonyl (C=O) groups excluding carboxylic acids is 3. The fraction of sp³-hybridized carbons (Fsp3) is 0.258. The molecule has 0 bridgehead atoms. The minimum Gasteiger partial charge on any atom is -0.507 e. The van der Waals surface area contributed by atoms with Gasteiger partial charge in [-0.2, -0.15) is 0 Å². The lowest BCUT2D eigenvalue weighted by Crippen LogP contribution is -2.41. The van der Waals surface area contributed by atoms with Crippen molar-refractivity contribution >= 4 is 28.2 Å². The molecule has 0 aromatic heterocycles. The first-order valence-electron chi connectivity index (χ1n) is 12.9. The van der Waals surface area contributed by atoms with Gasteiger partial charge in [0, 0.05) is 24.4 Å². The first-order chi connectivity index (χ1) is 19.1. The van der Waals surface area contributed by atoms with Crippen LogP contribution in [0.25, 0.3) is 10.8 Å². The number of hydrogen-bond donors (Lipinski definition) is 3. The van der Waals surface area contributed by atoms with Crippen LogP contribution in [0.4, 0.5) is 0 Å². The monoisotopic (exact) mass is 542 g/mol. The van der Waals surface area contributed by atoms with Crippen molar-refractivity contribution in [1.29, 1.82) is 0 Å². The summed E-state index contributed by atoms with van der Waals surface area (Å²) < 4.78 is 11.5. The Hall–Kier alpha value is -4.63. The Morgan fingerprint density at radius 2 is 1.90 bits per heavy atom. The number of allylic oxidation sites excluding steroid dienone is 4. The lowest BCUT2D eigenvalue weighted by atomic mass is 9.70. The second-order valence-electron chi connectivity index (χ2n) is 9.91. The zero-order valence-electron chi connectivity index (χ0n) is 22.9. The zero-order chi connectivity index (χ0) is 28.8. The van der Waals surface area contributed by atoms with E-state index >= 15 is 0 Å². The van der Waals surface area contributed by atoms with Gasteiger partial charge in [-0.1, -0.05) is 36.4 Å². The number of fused-ring (bicyclic) bond motifs is 4. The normalized spacial score (nSPS) is 19.0. The Bertz CT molecular complexity index is 1650. The first kappa shape index (κ1) is 27.0. The summed E-state index contributed by atoms with van der Waals surface area (Å²) in [5, 5.41) is 16.1. The number of rotatable bonds is 7. The summed E-state index contributed by atoms with van der Waals surface area (Å²) in [4.78, 5) is 45.7. The average Bonchev–Trinajstić information content (AvgIpc) is 3.24. The second kappa shape index (κ2) is 10.2. The van der Waals surface area contributed by atoms with Crippen molar-refractivity contribution in [2.24, 2.45) is 0 Å². The van der Waals surface area contributed by atoms with Gasteiger partial charge in [-0.05, 0) is 49.6 Å². The predicted octanol–water partition coefficient (Wildman–Crippen LogP) is 4.29. The van der Waals surface area contributed by atoms with E-state index in [0.29, 0.717) is 6.61 Å². The van der Waals surface area contributed by atoms with E-state index in [2.05, 4.69) is 10.8 Å². The van der Waals surface area contributed by atoms with Gasteiger partial charge in [0.1, 0.15) is 28.2 Å². The van der Waals surface area contributed by atoms with Crippen LogP contribution in [0.3, 0.4) is 0 Å². The summed E-state index contributed by atoms with van der Waals surface area (Å²) in [5.74, 6) is -1.92. The summed E-state index contributed by atoms with van der Waals surface area (Å²) >= 11 is 0. The highest BCUT2D eigenvalue weighted by Gasteiger charge is 2.56. The van der Waals surface area contributed by atoms with Gasteiger partial charge in [0.05, 0.1) is 24.9 Å². The number of phenolic OH excluding ortho intramolecular Hbond substituents is 1. The second-order valence-corrected chi connectivity index (χ2v) is 9.91. The van der Waals surface area contributed by atoms with E-state index in [1.165, 1.54) is 19.3 Å². The van der Waals surface area contributed by atoms with Crippen LogP contribution in [0.15, 0.2) is 65.6 Å². The Kier molecular flexibility index (Phi) is 6.85. The van der Waals surface area contributed by atoms with Gasteiger partial charge >= 0.3 is 0 Å². The van der Waals surface area contributed by atoms with Crippen molar-refractivity contribution in [2.45, 2.75) is 39.7 Å². The standard InChI is InChI=1S/C31H30N2O7/c1-6-39-33-17(3)25-21(34)14-24-31(4,29(25)36)27-22(35)13-23(38-5)26(28(27)40-24)30(37)32-15-20-16(2)11-12-18-9-7-8-10-19(18)20/h7-14,33,35H,6,15H2,1-5H3,(H,32,37)/b25-17+/t31-/m1/s1. The lowest BCUT2D eigenvalue weighted by Gasteiger charge is -2.28. The number of nitrogens with one attached hydrogen (secondary N) is 2. The Balaban J connectivity index is 1.58. The molecule has 1 aliphatic heterocycles. The summed E-state index contributed by atoms with van der Waals surface area (Å²) in [7, 11) is 1.37. The molecule has 3 N–H and O–H groups in total. The third-order valence-electron chi connectivity index (χ3n) is 7.51. The quantitative estimate of drug-likeness (QED) is 0.230. The van der Waals surface area contributed by atoms with Crippen LogP contribution in [-0.4, -0.2) is 36.3 Å². The molecule has 2 aliphatic rings. The van der Waals surface area contributed by atoms with Crippen LogP contribution in [0, 0.1) is 6.92 Å². The Morgan fingerprint density at radius 1 is 1.15 bits per heavy atom. The molecular weight excluding hydrogens is 512 g/mol. The molecule has 1 atom stereocenters. The lowest BCUT2D eigenvalue weighted by molar-refractivity contribution is -0.123. The number of Topliss-reactive ketones (excluding diaryl/α,β-unsaturated/α-hetero) is 1. The number of methoxy groups -OCH3 is 1. The van der Waals surface area contributed by atoms with Crippen LogP contribution >= 0.6 is 0 Å². The number of carbonyl (C=O) groups is 3. The maximum absolute atomic E-state index is 13.8. The predicted molar refractivity (Wildman–Crippen MR) is 148 cm³/mol. The molecule has 206 valence electrons. The molecular formula is C31H30N2O7. The van der Waals surface area contributed by atoms with Crippen LogP contribution in [0.2, 0.25) is 0 Å². The zero-order valence-corrected chi connectivity index (χ0v) is 22.9. The van der Waals surface area contributed by atoms with Crippen molar-refractivity contribution in [1.82, 2.24) is 10.8 Å². The van der Waals surface area contributed by atoms with E-state index in [4.69, 9.17) is 14.3 Å². The van der Waals surface area contributed by atoms with Crippen LogP contribution in [-0.2, 0) is 26.4 Å². The third-order valence-corrected chi connectivity index (χ3v) is 7.51. The molecule has 1 aliphatic carbocycles. The number of ether oxygens (including phenoxy) is 2. The number of hydrogen-bond acceptors (Lipinski definition) is 8. The van der Waals surface area contributed by atoms with Crippen molar-refractivity contribution in [2.75, 3.05) is 13.7 Å². The summed E-state index contributed by atoms with van der Waals surface area (Å²) in [6.07, 6.45) is 1.21. The Morgan fingerprint density at radius 3 is 2.62 bits per heavy atom. The molecule has 9 nitrogen and oxygen atoms in total. The summed E-state index contributed by atoms with van der Waals surface area (Å²) in [5.41, 5.74) is 3.25. The minimum atomic E-state index is -1.55. The van der Waals surface area contributed by atoms with Gasteiger partial charge in [-0.3, -0.25) is 24.7 Å². The van der Waals surface area contributed by atoms with E-state index in [0.717, 1.165) is 21.9 Å². The van der Waals surface area contributed by atoms with E-state index in [9.17, 15) is 19.5 Å². The SMILES string of the molecule is CCON/C(C)=C1\C(=O)C=C2Oc3c(C(=O)NCc4c(C)ccc5ccccc45)c(OC)cc(O)c3[C@]2(C)C1=O. The fourth-order valence-electron chi connectivity index (χ4n) is 5.39. The Labute approximate surface area is 231 Å². The smallest absolute Gasteiger partial charge is 0.259 e. The molecule has 0 fully saturated rings. The van der Waals surface area contributed by atoms with Crippen LogP contribution in [0.1, 0.15) is 47.8 Å². The molecule has 3 aromatic carbocycles. The van der Waals surface area contributed by atoms with E-state index in [-0.39, 0.29) is 51.9 Å². The molecule has 5 rings (SSSR count). The van der Waals surface area contributed by atoms with Gasteiger partial charge in [-0.25, -0.2) is 0 Å². The molecule has 9 heteroatoms. The van der Waals surface area contributed by atoms with Crippen molar-refractivity contribution < 1.29 is 33.8 Å². The molecule has 0 unspecified atom stereocenters. The maximum Gasteiger partial charge on any atom is 0.259 e. The van der Waals surface area contributed by atoms with Gasteiger partial charge in [-0.15, -0.1) is 0 Å². The molecule has 0 saturated heterocycles. The van der Waals surface area contributed by atoms with Gasteiger partial charge in [0.15, 0.2) is 17.3 Å². The molecule has 3 aromatic rings. The van der Waals surface area contributed by atoms with Crippen LogP contribution in [0.5, 0.6) is 17.2 Å². The minimum absolute atomic E-state index is 0.0136. The number of benzene rings is 3. The van der Waals surface area contributed by atoms with Crippen molar-refractivity contribution in [3.05, 3.63) is 87.8 Å². The molecule has 40 heavy (non-hydrogen) atoms. The number of amides is 1. The number of aromatic hydroxyl groups is 1. The molecule has 0 spiro atoms. The number of phenols is 1. The summed E-state index contributed by atoms with van der Waals surface area (Å²) in [6, 6.07) is 13.2. The van der Waals surface area contributed by atoms with E-state index in [1.54, 1.807) is 20.8 Å². The highest BCUT2D eigenvalue weighted by Crippen LogP contribution is 2.56. The molecule has 1 heterocycles. The molecule has 1 amide bonds. The first-order valence-corrected chi connectivity index (χ1v) is 12.9. The summed E-state index contributed by atoms with van der Waals surface area (Å²) in [6.45, 7) is 7.38. The fourth-order valence-corrected chi connectivity index (χ4v) is 5.39.